The van der Waals surface area contributed by atoms with Crippen molar-refractivity contribution in [2.75, 3.05) is 12.3 Å². The first-order chi connectivity index (χ1) is 8.67. The third kappa shape index (κ3) is 4.08. The summed E-state index contributed by atoms with van der Waals surface area (Å²) in [7, 11) is -1.68. The van der Waals surface area contributed by atoms with Crippen LogP contribution in [0.1, 0.15) is 31.9 Å². The average molecular weight is 276 g/mol. The number of nitrogen functional groups attached to an aromatic ring is 1. The van der Waals surface area contributed by atoms with Crippen molar-refractivity contribution in [3.63, 3.8) is 0 Å². The van der Waals surface area contributed by atoms with Crippen LogP contribution in [0.2, 0.25) is 18.1 Å². The summed E-state index contributed by atoms with van der Waals surface area (Å²) in [6.45, 7) is 11.9. The molecule has 19 heavy (non-hydrogen) atoms. The fourth-order valence-electron chi connectivity index (χ4n) is 1.50. The summed E-state index contributed by atoms with van der Waals surface area (Å²) in [5.74, 6) is 0. The SMILES string of the molecule is CC(C)(C)[Si](C)(C)OCCc1ccc(N)c(C#N)c1. The van der Waals surface area contributed by atoms with Crippen molar-refractivity contribution in [1.82, 2.24) is 0 Å². The second-order valence-electron chi connectivity index (χ2n) is 6.39. The summed E-state index contributed by atoms with van der Waals surface area (Å²) >= 11 is 0. The second kappa shape index (κ2) is 5.77. The Balaban J connectivity index is 2.62. The highest BCUT2D eigenvalue weighted by Gasteiger charge is 2.36. The molecule has 104 valence electrons. The Hall–Kier alpha value is -1.31. The number of rotatable bonds is 4. The van der Waals surface area contributed by atoms with E-state index < -0.39 is 8.32 Å². The Kier molecular flexibility index (Phi) is 4.78. The highest BCUT2D eigenvalue weighted by atomic mass is 28.4. The van der Waals surface area contributed by atoms with E-state index in [4.69, 9.17) is 15.4 Å². The molecule has 0 saturated heterocycles. The van der Waals surface area contributed by atoms with Gasteiger partial charge in [-0.25, -0.2) is 0 Å². The molecule has 0 aliphatic carbocycles. The second-order valence-corrected chi connectivity index (χ2v) is 11.2. The fraction of sp³-hybridized carbons (Fsp3) is 0.533. The lowest BCUT2D eigenvalue weighted by Crippen LogP contribution is -2.41. The van der Waals surface area contributed by atoms with E-state index in [2.05, 4.69) is 39.9 Å². The van der Waals surface area contributed by atoms with Gasteiger partial charge in [-0.15, -0.1) is 0 Å². The molecule has 0 aliphatic rings. The van der Waals surface area contributed by atoms with E-state index in [0.717, 1.165) is 12.0 Å². The zero-order valence-electron chi connectivity index (χ0n) is 12.6. The first kappa shape index (κ1) is 15.7. The quantitative estimate of drug-likeness (QED) is 0.673. The summed E-state index contributed by atoms with van der Waals surface area (Å²) in [5.41, 5.74) is 7.89. The number of benzene rings is 1. The summed E-state index contributed by atoms with van der Waals surface area (Å²) in [6, 6.07) is 7.72. The van der Waals surface area contributed by atoms with Gasteiger partial charge in [-0.1, -0.05) is 26.8 Å². The number of nitriles is 1. The monoisotopic (exact) mass is 276 g/mol. The van der Waals surface area contributed by atoms with Gasteiger partial charge in [0.05, 0.1) is 5.56 Å². The van der Waals surface area contributed by atoms with E-state index in [0.29, 0.717) is 17.9 Å². The lowest BCUT2D eigenvalue weighted by Gasteiger charge is -2.36. The van der Waals surface area contributed by atoms with E-state index in [-0.39, 0.29) is 5.04 Å². The summed E-state index contributed by atoms with van der Waals surface area (Å²) in [5, 5.41) is 9.18. The van der Waals surface area contributed by atoms with E-state index in [1.165, 1.54) is 0 Å². The van der Waals surface area contributed by atoms with Crippen molar-refractivity contribution >= 4 is 14.0 Å². The fourth-order valence-corrected chi connectivity index (χ4v) is 2.54. The smallest absolute Gasteiger partial charge is 0.191 e. The first-order valence-electron chi connectivity index (χ1n) is 6.60. The molecule has 1 rings (SSSR count). The molecule has 0 saturated carbocycles. The maximum atomic E-state index is 8.95. The summed E-state index contributed by atoms with van der Waals surface area (Å²) in [6.07, 6.45) is 0.821. The topological polar surface area (TPSA) is 59.0 Å². The molecule has 0 unspecified atom stereocenters. The van der Waals surface area contributed by atoms with Crippen LogP contribution in [0.4, 0.5) is 5.69 Å². The van der Waals surface area contributed by atoms with Gasteiger partial charge in [0.15, 0.2) is 8.32 Å². The van der Waals surface area contributed by atoms with Crippen molar-refractivity contribution in [2.24, 2.45) is 0 Å². The molecular formula is C15H24N2OSi. The van der Waals surface area contributed by atoms with Gasteiger partial charge in [0, 0.05) is 12.3 Å². The van der Waals surface area contributed by atoms with E-state index >= 15 is 0 Å². The molecule has 2 N–H and O–H groups in total. The molecule has 0 aromatic heterocycles. The van der Waals surface area contributed by atoms with Gasteiger partial charge in [-0.3, -0.25) is 0 Å². The van der Waals surface area contributed by atoms with Crippen LogP contribution in [0.15, 0.2) is 18.2 Å². The summed E-state index contributed by atoms with van der Waals surface area (Å²) < 4.78 is 6.13. The molecule has 4 heteroatoms. The minimum Gasteiger partial charge on any atom is -0.416 e. The van der Waals surface area contributed by atoms with Gasteiger partial charge >= 0.3 is 0 Å². The normalized spacial score (nSPS) is 12.2. The number of nitrogens with zero attached hydrogens (tertiary/aromatic N) is 1. The molecule has 3 nitrogen and oxygen atoms in total. The maximum absolute atomic E-state index is 8.95. The number of nitrogens with two attached hydrogens (primary N) is 1. The van der Waals surface area contributed by atoms with Crippen LogP contribution in [0, 0.1) is 11.3 Å². The van der Waals surface area contributed by atoms with Crippen LogP contribution in [-0.2, 0) is 10.8 Å². The van der Waals surface area contributed by atoms with E-state index in [1.54, 1.807) is 6.07 Å². The Labute approximate surface area is 117 Å². The van der Waals surface area contributed by atoms with Gasteiger partial charge in [0.2, 0.25) is 0 Å². The minimum absolute atomic E-state index is 0.228. The predicted molar refractivity (Wildman–Crippen MR) is 82.4 cm³/mol. The van der Waals surface area contributed by atoms with Crippen LogP contribution >= 0.6 is 0 Å². The third-order valence-electron chi connectivity index (χ3n) is 3.90. The van der Waals surface area contributed by atoms with Crippen molar-refractivity contribution < 1.29 is 4.43 Å². The van der Waals surface area contributed by atoms with Crippen LogP contribution in [-0.4, -0.2) is 14.9 Å². The van der Waals surface area contributed by atoms with Crippen molar-refractivity contribution in [3.8, 4) is 6.07 Å². The first-order valence-corrected chi connectivity index (χ1v) is 9.50. The van der Waals surface area contributed by atoms with Crippen LogP contribution < -0.4 is 5.73 Å². The molecule has 0 spiro atoms. The van der Waals surface area contributed by atoms with Crippen molar-refractivity contribution in [2.45, 2.75) is 45.3 Å². The number of anilines is 1. The average Bonchev–Trinajstić information content (AvgIpc) is 2.29. The molecule has 0 atom stereocenters. The maximum Gasteiger partial charge on any atom is 0.191 e. The third-order valence-corrected chi connectivity index (χ3v) is 8.44. The lowest BCUT2D eigenvalue weighted by molar-refractivity contribution is 0.292. The largest absolute Gasteiger partial charge is 0.416 e. The molecule has 0 amide bonds. The highest BCUT2D eigenvalue weighted by molar-refractivity contribution is 6.74. The van der Waals surface area contributed by atoms with Crippen molar-refractivity contribution in [3.05, 3.63) is 29.3 Å². The lowest BCUT2D eigenvalue weighted by atomic mass is 10.1. The van der Waals surface area contributed by atoms with Crippen LogP contribution in [0.25, 0.3) is 0 Å². The molecule has 0 bridgehead atoms. The zero-order chi connectivity index (χ0) is 14.7. The van der Waals surface area contributed by atoms with Gasteiger partial charge < -0.3 is 10.2 Å². The Morgan fingerprint density at radius 1 is 1.32 bits per heavy atom. The van der Waals surface area contributed by atoms with Gasteiger partial charge in [0.1, 0.15) is 6.07 Å². The zero-order valence-corrected chi connectivity index (χ0v) is 13.6. The Morgan fingerprint density at radius 2 is 1.95 bits per heavy atom. The predicted octanol–water partition coefficient (Wildman–Crippen LogP) is 3.70. The minimum atomic E-state index is -1.68. The number of hydrogen-bond donors (Lipinski definition) is 1. The van der Waals surface area contributed by atoms with E-state index in [1.807, 2.05) is 12.1 Å². The van der Waals surface area contributed by atoms with Crippen LogP contribution in [0.3, 0.4) is 0 Å². The van der Waals surface area contributed by atoms with Gasteiger partial charge in [-0.2, -0.15) is 5.26 Å². The van der Waals surface area contributed by atoms with Crippen molar-refractivity contribution in [1.29, 1.82) is 5.26 Å². The molecule has 0 radical (unpaired) electrons. The molecule has 0 heterocycles. The molecule has 0 aliphatic heterocycles. The highest BCUT2D eigenvalue weighted by Crippen LogP contribution is 2.36. The summed E-state index contributed by atoms with van der Waals surface area (Å²) in [4.78, 5) is 0. The molecule has 0 fully saturated rings. The number of hydrogen-bond acceptors (Lipinski definition) is 3. The van der Waals surface area contributed by atoms with Gasteiger partial charge in [0.25, 0.3) is 0 Å². The van der Waals surface area contributed by atoms with Gasteiger partial charge in [-0.05, 0) is 42.2 Å². The molecule has 1 aromatic rings. The standard InChI is InChI=1S/C15H24N2OSi/c1-15(2,3)19(4,5)18-9-8-12-6-7-14(17)13(10-12)11-16/h6-7,10H,8-9,17H2,1-5H3. The molecule has 1 aromatic carbocycles. The van der Waals surface area contributed by atoms with Crippen LogP contribution in [0.5, 0.6) is 0 Å². The van der Waals surface area contributed by atoms with E-state index in [9.17, 15) is 0 Å². The Bertz CT molecular complexity index is 484. The molecular weight excluding hydrogens is 252 g/mol. The Morgan fingerprint density at radius 3 is 2.47 bits per heavy atom.